The van der Waals surface area contributed by atoms with E-state index in [-0.39, 0.29) is 0 Å². The lowest BCUT2D eigenvalue weighted by Gasteiger charge is -2.19. The molecule has 1 aromatic heterocycles. The Balaban J connectivity index is 3.08. The number of pyridine rings is 1. The first-order valence-corrected chi connectivity index (χ1v) is 5.04. The minimum absolute atomic E-state index is 0.460. The number of hydrogen-bond donors (Lipinski definition) is 1. The van der Waals surface area contributed by atoms with Crippen molar-refractivity contribution < 1.29 is 22.7 Å². The van der Waals surface area contributed by atoms with Crippen LogP contribution in [-0.2, 0) is 10.9 Å². The Morgan fingerprint density at radius 3 is 2.17 bits per heavy atom. The number of carbonyl (C=O) groups is 1. The fourth-order valence-electron chi connectivity index (χ4n) is 1.13. The molecule has 0 fully saturated rings. The molecule has 1 heterocycles. The Morgan fingerprint density at radius 1 is 1.22 bits per heavy atom. The van der Waals surface area contributed by atoms with Crippen LogP contribution in [0.2, 0.25) is 0 Å². The first-order chi connectivity index (χ1) is 8.00. The normalized spacial score (nSPS) is 12.3. The topological polar surface area (TPSA) is 59.2 Å². The summed E-state index contributed by atoms with van der Waals surface area (Å²) >= 11 is 0. The average Bonchev–Trinajstić information content (AvgIpc) is 2.12. The van der Waals surface area contributed by atoms with E-state index in [9.17, 15) is 22.8 Å². The molecule has 0 aliphatic carbocycles. The number of halogens is 3. The average molecular weight is 263 g/mol. The first-order valence-electron chi connectivity index (χ1n) is 5.04. The third-order valence-corrected chi connectivity index (χ3v) is 1.83. The van der Waals surface area contributed by atoms with Crippen molar-refractivity contribution in [2.24, 2.45) is 0 Å². The van der Waals surface area contributed by atoms with Crippen molar-refractivity contribution in [1.82, 2.24) is 4.98 Å². The van der Waals surface area contributed by atoms with Gasteiger partial charge in [0.1, 0.15) is 16.9 Å². The molecular weight excluding hydrogens is 251 g/mol. The number of carbonyl (C=O) groups excluding carboxylic acids is 1. The van der Waals surface area contributed by atoms with Crippen LogP contribution in [0.1, 0.15) is 36.8 Å². The third-order valence-electron chi connectivity index (χ3n) is 1.83. The molecule has 0 saturated carbocycles. The van der Waals surface area contributed by atoms with Crippen LogP contribution in [-0.4, -0.2) is 16.6 Å². The molecule has 0 radical (unpaired) electrons. The molecule has 4 nitrogen and oxygen atoms in total. The maximum absolute atomic E-state index is 12.3. The summed E-state index contributed by atoms with van der Waals surface area (Å²) in [6.45, 7) is 4.76. The minimum atomic E-state index is -4.66. The van der Waals surface area contributed by atoms with Gasteiger partial charge in [-0.2, -0.15) is 13.2 Å². The highest BCUT2D eigenvalue weighted by Crippen LogP contribution is 2.26. The number of ether oxygens (including phenoxy) is 1. The zero-order chi connectivity index (χ0) is 14.1. The van der Waals surface area contributed by atoms with Crippen LogP contribution in [0.15, 0.2) is 16.9 Å². The summed E-state index contributed by atoms with van der Waals surface area (Å²) in [7, 11) is 0. The lowest BCUT2D eigenvalue weighted by molar-refractivity contribution is -0.141. The molecule has 1 rings (SSSR count). The SMILES string of the molecule is CC(C)(C)OC(=O)c1ccc(C(F)(F)F)[nH]c1=O. The second kappa shape index (κ2) is 4.47. The van der Waals surface area contributed by atoms with Gasteiger partial charge in [0.25, 0.3) is 5.56 Å². The summed E-state index contributed by atoms with van der Waals surface area (Å²) in [5.41, 5.74) is -3.62. The van der Waals surface area contributed by atoms with Crippen LogP contribution in [0.5, 0.6) is 0 Å². The lowest BCUT2D eigenvalue weighted by Crippen LogP contribution is -2.29. The number of hydrogen-bond acceptors (Lipinski definition) is 3. The van der Waals surface area contributed by atoms with Crippen molar-refractivity contribution in [3.8, 4) is 0 Å². The zero-order valence-corrected chi connectivity index (χ0v) is 10.0. The van der Waals surface area contributed by atoms with Crippen molar-refractivity contribution in [1.29, 1.82) is 0 Å². The molecule has 0 atom stereocenters. The van der Waals surface area contributed by atoms with E-state index in [0.29, 0.717) is 6.07 Å². The van der Waals surface area contributed by atoms with E-state index in [0.717, 1.165) is 6.07 Å². The van der Waals surface area contributed by atoms with Crippen LogP contribution in [0.3, 0.4) is 0 Å². The third kappa shape index (κ3) is 3.61. The molecule has 0 aliphatic heterocycles. The van der Waals surface area contributed by atoms with E-state index in [1.807, 2.05) is 0 Å². The van der Waals surface area contributed by atoms with Crippen LogP contribution in [0.25, 0.3) is 0 Å². The maximum Gasteiger partial charge on any atom is 0.431 e. The number of esters is 1. The van der Waals surface area contributed by atoms with Gasteiger partial charge in [-0.3, -0.25) is 4.79 Å². The van der Waals surface area contributed by atoms with Crippen molar-refractivity contribution in [3.05, 3.63) is 33.7 Å². The predicted molar refractivity (Wildman–Crippen MR) is 57.2 cm³/mol. The van der Waals surface area contributed by atoms with Gasteiger partial charge in [0.15, 0.2) is 0 Å². The van der Waals surface area contributed by atoms with Gasteiger partial charge in [0.05, 0.1) is 0 Å². The van der Waals surface area contributed by atoms with Crippen LogP contribution < -0.4 is 5.56 Å². The summed E-state index contributed by atoms with van der Waals surface area (Å²) < 4.78 is 41.7. The summed E-state index contributed by atoms with van der Waals surface area (Å²) in [5, 5.41) is 0. The van der Waals surface area contributed by atoms with E-state index in [2.05, 4.69) is 0 Å². The van der Waals surface area contributed by atoms with Gasteiger partial charge in [-0.15, -0.1) is 0 Å². The van der Waals surface area contributed by atoms with Gasteiger partial charge in [0.2, 0.25) is 0 Å². The molecule has 0 aliphatic rings. The fourth-order valence-corrected chi connectivity index (χ4v) is 1.13. The van der Waals surface area contributed by atoms with Crippen LogP contribution in [0, 0.1) is 0 Å². The predicted octanol–water partition coefficient (Wildman–Crippen LogP) is 2.35. The number of nitrogens with one attached hydrogen (secondary N) is 1. The Hall–Kier alpha value is -1.79. The van der Waals surface area contributed by atoms with E-state index in [4.69, 9.17) is 4.74 Å². The largest absolute Gasteiger partial charge is 0.456 e. The molecule has 1 aromatic rings. The minimum Gasteiger partial charge on any atom is -0.456 e. The molecule has 0 aromatic carbocycles. The van der Waals surface area contributed by atoms with E-state index < -0.39 is 34.6 Å². The molecule has 18 heavy (non-hydrogen) atoms. The van der Waals surface area contributed by atoms with E-state index >= 15 is 0 Å². The molecule has 7 heteroatoms. The number of H-pyrrole nitrogens is 1. The molecule has 0 amide bonds. The number of alkyl halides is 3. The van der Waals surface area contributed by atoms with Gasteiger partial charge in [-0.1, -0.05) is 0 Å². The van der Waals surface area contributed by atoms with Gasteiger partial charge >= 0.3 is 12.1 Å². The second-order valence-corrected chi connectivity index (χ2v) is 4.61. The molecular formula is C11H12F3NO3. The van der Waals surface area contributed by atoms with Gasteiger partial charge in [-0.05, 0) is 32.9 Å². The second-order valence-electron chi connectivity index (χ2n) is 4.61. The summed E-state index contributed by atoms with van der Waals surface area (Å²) in [6, 6.07) is 1.43. The zero-order valence-electron chi connectivity index (χ0n) is 10.0. The lowest BCUT2D eigenvalue weighted by atomic mass is 10.2. The summed E-state index contributed by atoms with van der Waals surface area (Å²) in [6.07, 6.45) is -4.66. The fraction of sp³-hybridized carbons (Fsp3) is 0.455. The molecule has 0 saturated heterocycles. The highest BCUT2D eigenvalue weighted by molar-refractivity contribution is 5.89. The van der Waals surface area contributed by atoms with Crippen LogP contribution >= 0.6 is 0 Å². The maximum atomic E-state index is 12.3. The molecule has 0 bridgehead atoms. The van der Waals surface area contributed by atoms with Crippen molar-refractivity contribution in [2.45, 2.75) is 32.5 Å². The Bertz CT molecular complexity index is 511. The number of aromatic nitrogens is 1. The van der Waals surface area contributed by atoms with Crippen molar-refractivity contribution in [2.75, 3.05) is 0 Å². The Morgan fingerprint density at radius 2 is 1.78 bits per heavy atom. The Kier molecular flexibility index (Phi) is 3.54. The van der Waals surface area contributed by atoms with Crippen molar-refractivity contribution >= 4 is 5.97 Å². The van der Waals surface area contributed by atoms with Gasteiger partial charge in [0, 0.05) is 0 Å². The smallest absolute Gasteiger partial charge is 0.431 e. The van der Waals surface area contributed by atoms with Gasteiger partial charge in [-0.25, -0.2) is 4.79 Å². The summed E-state index contributed by atoms with van der Waals surface area (Å²) in [4.78, 5) is 24.5. The number of rotatable bonds is 1. The summed E-state index contributed by atoms with van der Waals surface area (Å²) in [5.74, 6) is -0.961. The standard InChI is InChI=1S/C11H12F3NO3/c1-10(2,3)18-9(17)6-4-5-7(11(12,13)14)15-8(6)16/h4-5H,1-3H3,(H,15,16). The quantitative estimate of drug-likeness (QED) is 0.791. The monoisotopic (exact) mass is 263 g/mol. The van der Waals surface area contributed by atoms with Gasteiger partial charge < -0.3 is 9.72 Å². The van der Waals surface area contributed by atoms with E-state index in [1.54, 1.807) is 25.8 Å². The van der Waals surface area contributed by atoms with Crippen LogP contribution in [0.4, 0.5) is 13.2 Å². The highest BCUT2D eigenvalue weighted by Gasteiger charge is 2.32. The molecule has 1 N–H and O–H groups in total. The van der Waals surface area contributed by atoms with E-state index in [1.165, 1.54) is 0 Å². The Labute approximate surface area is 101 Å². The number of aromatic amines is 1. The first kappa shape index (κ1) is 14.3. The molecule has 0 spiro atoms. The highest BCUT2D eigenvalue weighted by atomic mass is 19.4. The molecule has 0 unspecified atom stereocenters. The van der Waals surface area contributed by atoms with Crippen molar-refractivity contribution in [3.63, 3.8) is 0 Å². The molecule has 100 valence electrons.